The molecule has 0 aliphatic heterocycles. The van der Waals surface area contributed by atoms with Crippen molar-refractivity contribution in [2.45, 2.75) is 19.5 Å². The van der Waals surface area contributed by atoms with Crippen molar-refractivity contribution in [3.05, 3.63) is 23.8 Å². The van der Waals surface area contributed by atoms with Crippen LogP contribution in [0.15, 0.2) is 18.2 Å². The molecule has 0 aromatic heterocycles. The molecule has 0 radical (unpaired) electrons. The smallest absolute Gasteiger partial charge is 0.494 e. The van der Waals surface area contributed by atoms with Crippen LogP contribution in [0.1, 0.15) is 12.5 Å². The standard InChI is InChI=1S/C10H8F6O2/c1-2-17-7-3-6(9(11,12)13)4-8(5-7)18-10(14,15)16/h3-5H,2H2,1H3. The minimum atomic E-state index is -5.06. The summed E-state index contributed by atoms with van der Waals surface area (Å²) in [6.07, 6.45) is -9.84. The predicted octanol–water partition coefficient (Wildman–Crippen LogP) is 4.00. The zero-order valence-electron chi connectivity index (χ0n) is 9.02. The molecule has 0 heterocycles. The molecule has 0 fully saturated rings. The highest BCUT2D eigenvalue weighted by molar-refractivity contribution is 5.39. The van der Waals surface area contributed by atoms with Gasteiger partial charge in [0.15, 0.2) is 0 Å². The van der Waals surface area contributed by atoms with Crippen LogP contribution in [-0.2, 0) is 6.18 Å². The molecule has 2 nitrogen and oxygen atoms in total. The number of hydrogen-bond donors (Lipinski definition) is 0. The zero-order chi connectivity index (χ0) is 14.0. The van der Waals surface area contributed by atoms with Crippen molar-refractivity contribution in [3.8, 4) is 11.5 Å². The third-order valence-corrected chi connectivity index (χ3v) is 1.75. The maximum atomic E-state index is 12.4. The molecule has 0 amide bonds. The zero-order valence-corrected chi connectivity index (χ0v) is 9.02. The highest BCUT2D eigenvalue weighted by Gasteiger charge is 2.35. The maximum absolute atomic E-state index is 12.4. The molecule has 18 heavy (non-hydrogen) atoms. The molecule has 0 bridgehead atoms. The van der Waals surface area contributed by atoms with E-state index in [1.807, 2.05) is 0 Å². The SMILES string of the molecule is CCOc1cc(OC(F)(F)F)cc(C(F)(F)F)c1. The van der Waals surface area contributed by atoms with Crippen LogP contribution in [0.25, 0.3) is 0 Å². The fourth-order valence-corrected chi connectivity index (χ4v) is 1.18. The van der Waals surface area contributed by atoms with E-state index in [-0.39, 0.29) is 18.4 Å². The molecule has 0 saturated heterocycles. The monoisotopic (exact) mass is 274 g/mol. The average molecular weight is 274 g/mol. The molecule has 0 saturated carbocycles. The maximum Gasteiger partial charge on any atom is 0.573 e. The van der Waals surface area contributed by atoms with Crippen LogP contribution >= 0.6 is 0 Å². The second-order valence-corrected chi connectivity index (χ2v) is 3.17. The van der Waals surface area contributed by atoms with Crippen LogP contribution < -0.4 is 9.47 Å². The van der Waals surface area contributed by atoms with Gasteiger partial charge in [0.05, 0.1) is 12.2 Å². The highest BCUT2D eigenvalue weighted by Crippen LogP contribution is 2.36. The summed E-state index contributed by atoms with van der Waals surface area (Å²) in [5.74, 6) is -1.31. The van der Waals surface area contributed by atoms with Crippen molar-refractivity contribution >= 4 is 0 Å². The number of ether oxygens (including phenoxy) is 2. The lowest BCUT2D eigenvalue weighted by atomic mass is 10.2. The Morgan fingerprint density at radius 1 is 0.944 bits per heavy atom. The molecule has 1 rings (SSSR count). The third-order valence-electron chi connectivity index (χ3n) is 1.75. The molecule has 1 aromatic rings. The van der Waals surface area contributed by atoms with Gasteiger partial charge in [-0.15, -0.1) is 13.2 Å². The first-order chi connectivity index (χ1) is 8.12. The fraction of sp³-hybridized carbons (Fsp3) is 0.400. The van der Waals surface area contributed by atoms with Gasteiger partial charge in [-0.25, -0.2) is 0 Å². The molecule has 1 aromatic carbocycles. The van der Waals surface area contributed by atoms with E-state index in [4.69, 9.17) is 4.74 Å². The van der Waals surface area contributed by atoms with Gasteiger partial charge in [0, 0.05) is 6.07 Å². The van der Waals surface area contributed by atoms with E-state index in [0.29, 0.717) is 6.07 Å². The molecule has 0 unspecified atom stereocenters. The van der Waals surface area contributed by atoms with Gasteiger partial charge in [0.2, 0.25) is 0 Å². The highest BCUT2D eigenvalue weighted by atomic mass is 19.4. The Labute approximate surface area is 98.1 Å². The van der Waals surface area contributed by atoms with Crippen molar-refractivity contribution in [1.82, 2.24) is 0 Å². The summed E-state index contributed by atoms with van der Waals surface area (Å²) in [6.45, 7) is 1.51. The largest absolute Gasteiger partial charge is 0.573 e. The normalized spacial score (nSPS) is 12.4. The first-order valence-electron chi connectivity index (χ1n) is 4.72. The second kappa shape index (κ2) is 4.95. The lowest BCUT2D eigenvalue weighted by Crippen LogP contribution is -2.18. The van der Waals surface area contributed by atoms with Crippen molar-refractivity contribution < 1.29 is 35.8 Å². The van der Waals surface area contributed by atoms with E-state index in [1.54, 1.807) is 0 Å². The van der Waals surface area contributed by atoms with E-state index in [1.165, 1.54) is 6.92 Å². The average Bonchev–Trinajstić information content (AvgIpc) is 2.13. The molecule has 0 aliphatic rings. The van der Waals surface area contributed by atoms with Gasteiger partial charge < -0.3 is 9.47 Å². The van der Waals surface area contributed by atoms with Crippen molar-refractivity contribution in [2.24, 2.45) is 0 Å². The number of benzene rings is 1. The fourth-order valence-electron chi connectivity index (χ4n) is 1.18. The summed E-state index contributed by atoms with van der Waals surface area (Å²) in [4.78, 5) is 0. The molecule has 0 atom stereocenters. The molecular formula is C10H8F6O2. The van der Waals surface area contributed by atoms with Crippen LogP contribution in [0.2, 0.25) is 0 Å². The van der Waals surface area contributed by atoms with Crippen LogP contribution in [0.4, 0.5) is 26.3 Å². The summed E-state index contributed by atoms with van der Waals surface area (Å²) in [7, 11) is 0. The topological polar surface area (TPSA) is 18.5 Å². The number of hydrogen-bond acceptors (Lipinski definition) is 2. The summed E-state index contributed by atoms with van der Waals surface area (Å²) in [5.41, 5.74) is -1.27. The lowest BCUT2D eigenvalue weighted by Gasteiger charge is -2.14. The summed E-state index contributed by atoms with van der Waals surface area (Å²) in [5, 5.41) is 0. The Hall–Kier alpha value is -1.60. The van der Waals surface area contributed by atoms with Crippen molar-refractivity contribution in [2.75, 3.05) is 6.61 Å². The third kappa shape index (κ3) is 4.34. The van der Waals surface area contributed by atoms with E-state index < -0.39 is 23.9 Å². The van der Waals surface area contributed by atoms with Gasteiger partial charge in [-0.3, -0.25) is 0 Å². The van der Waals surface area contributed by atoms with Crippen molar-refractivity contribution in [1.29, 1.82) is 0 Å². The quantitative estimate of drug-likeness (QED) is 0.775. The predicted molar refractivity (Wildman–Crippen MR) is 49.3 cm³/mol. The lowest BCUT2D eigenvalue weighted by molar-refractivity contribution is -0.274. The van der Waals surface area contributed by atoms with E-state index in [0.717, 1.165) is 6.07 Å². The number of alkyl halides is 6. The van der Waals surface area contributed by atoms with Gasteiger partial charge >= 0.3 is 12.5 Å². The molecule has 0 N–H and O–H groups in total. The Bertz CT molecular complexity index is 410. The second-order valence-electron chi connectivity index (χ2n) is 3.17. The van der Waals surface area contributed by atoms with Gasteiger partial charge in [0.1, 0.15) is 11.5 Å². The van der Waals surface area contributed by atoms with Crippen LogP contribution in [0.5, 0.6) is 11.5 Å². The molecule has 102 valence electrons. The molecule has 8 heteroatoms. The van der Waals surface area contributed by atoms with E-state index in [2.05, 4.69) is 4.74 Å². The summed E-state index contributed by atoms with van der Waals surface area (Å²) >= 11 is 0. The minimum Gasteiger partial charge on any atom is -0.494 e. The summed E-state index contributed by atoms with van der Waals surface area (Å²) < 4.78 is 81.3. The van der Waals surface area contributed by atoms with Crippen LogP contribution in [-0.4, -0.2) is 13.0 Å². The number of rotatable bonds is 3. The number of halogens is 6. The van der Waals surface area contributed by atoms with Crippen LogP contribution in [0.3, 0.4) is 0 Å². The van der Waals surface area contributed by atoms with E-state index >= 15 is 0 Å². The summed E-state index contributed by atoms with van der Waals surface area (Å²) in [6, 6.07) is 1.61. The van der Waals surface area contributed by atoms with Gasteiger partial charge in [-0.05, 0) is 19.1 Å². The first kappa shape index (κ1) is 14.5. The van der Waals surface area contributed by atoms with Gasteiger partial charge in [-0.2, -0.15) is 13.2 Å². The van der Waals surface area contributed by atoms with Gasteiger partial charge in [-0.1, -0.05) is 0 Å². The molecular weight excluding hydrogens is 266 g/mol. The Kier molecular flexibility index (Phi) is 3.98. The Morgan fingerprint density at radius 3 is 1.94 bits per heavy atom. The first-order valence-corrected chi connectivity index (χ1v) is 4.72. The van der Waals surface area contributed by atoms with Crippen molar-refractivity contribution in [3.63, 3.8) is 0 Å². The van der Waals surface area contributed by atoms with Crippen LogP contribution in [0, 0.1) is 0 Å². The Balaban J connectivity index is 3.14. The Morgan fingerprint density at radius 2 is 1.50 bits per heavy atom. The molecule has 0 spiro atoms. The van der Waals surface area contributed by atoms with Gasteiger partial charge in [0.25, 0.3) is 0 Å². The van der Waals surface area contributed by atoms with E-state index in [9.17, 15) is 26.3 Å². The minimum absolute atomic E-state index is 0.0206. The molecule has 0 aliphatic carbocycles.